The molecule has 1 aromatic heterocycles. The SMILES string of the molecule is CCCC(CCC)n1cnc2c(C(=O)N[C@@H](Cc3ccccc3)[C@@H](O)CNCc3cccc(C(F)(F)F)c3)cc(Cl)cc2c1=O.Cl. The van der Waals surface area contributed by atoms with E-state index < -0.39 is 29.8 Å². The molecule has 3 aromatic carbocycles. The van der Waals surface area contributed by atoms with Crippen LogP contribution in [0.2, 0.25) is 5.02 Å². The lowest BCUT2D eigenvalue weighted by Crippen LogP contribution is -2.48. The van der Waals surface area contributed by atoms with Crippen LogP contribution in [0.25, 0.3) is 10.9 Å². The highest BCUT2D eigenvalue weighted by molar-refractivity contribution is 6.32. The monoisotopic (exact) mass is 678 g/mol. The summed E-state index contributed by atoms with van der Waals surface area (Å²) in [5.41, 5.74) is 0.546. The predicted octanol–water partition coefficient (Wildman–Crippen LogP) is 7.12. The van der Waals surface area contributed by atoms with Crippen LogP contribution in [-0.2, 0) is 19.1 Å². The number of hydrogen-bond acceptors (Lipinski definition) is 5. The number of carbonyl (C=O) groups excluding carboxylic acids is 1. The number of aliphatic hydroxyl groups excluding tert-OH is 1. The first kappa shape index (κ1) is 37.0. The highest BCUT2D eigenvalue weighted by atomic mass is 35.5. The number of aromatic nitrogens is 2. The van der Waals surface area contributed by atoms with Crippen LogP contribution in [0, 0.1) is 0 Å². The molecule has 3 N–H and O–H groups in total. The second-order valence-electron chi connectivity index (χ2n) is 11.2. The molecule has 4 aromatic rings. The van der Waals surface area contributed by atoms with Gasteiger partial charge in [-0.1, -0.05) is 86.8 Å². The number of amides is 1. The number of aliphatic hydroxyl groups is 1. The van der Waals surface area contributed by atoms with Gasteiger partial charge in [-0.15, -0.1) is 12.4 Å². The highest BCUT2D eigenvalue weighted by Gasteiger charge is 2.30. The smallest absolute Gasteiger partial charge is 0.390 e. The Morgan fingerprint density at radius 2 is 1.67 bits per heavy atom. The van der Waals surface area contributed by atoms with Gasteiger partial charge in [-0.05, 0) is 48.6 Å². The number of nitrogens with zero attached hydrogens (tertiary/aromatic N) is 2. The van der Waals surface area contributed by atoms with E-state index in [1.54, 1.807) is 10.6 Å². The molecule has 0 saturated carbocycles. The Hall–Kier alpha value is -3.44. The third-order valence-electron chi connectivity index (χ3n) is 7.75. The standard InChI is InChI=1S/C34H38ClF3N4O3.ClH/c1-3-9-26(10-4-2)42-21-40-31-27(17-25(35)18-28(31)33(42)45)32(44)41-29(16-22-11-6-5-7-12-22)30(43)20-39-19-23-13-8-14-24(15-23)34(36,37)38;/h5-8,11-15,17-18,21,26,29-30,39,43H,3-4,9-10,16,19-20H2,1-2H3,(H,41,44);1H/t29-,30-;/m0./s1. The van der Waals surface area contributed by atoms with Crippen molar-refractivity contribution in [2.45, 2.75) is 76.9 Å². The van der Waals surface area contributed by atoms with Gasteiger partial charge in [0.05, 0.1) is 40.5 Å². The van der Waals surface area contributed by atoms with E-state index in [9.17, 15) is 27.9 Å². The molecule has 4 rings (SSSR count). The number of hydrogen-bond donors (Lipinski definition) is 3. The van der Waals surface area contributed by atoms with Gasteiger partial charge in [-0.2, -0.15) is 13.2 Å². The van der Waals surface area contributed by atoms with Gasteiger partial charge in [-0.3, -0.25) is 14.2 Å². The lowest BCUT2D eigenvalue weighted by Gasteiger charge is -2.25. The van der Waals surface area contributed by atoms with Gasteiger partial charge in [0.25, 0.3) is 11.5 Å². The normalized spacial score (nSPS) is 13.0. The zero-order valence-corrected chi connectivity index (χ0v) is 27.3. The minimum Gasteiger partial charge on any atom is -0.390 e. The van der Waals surface area contributed by atoms with Crippen LogP contribution >= 0.6 is 24.0 Å². The minimum atomic E-state index is -4.46. The summed E-state index contributed by atoms with van der Waals surface area (Å²) >= 11 is 6.40. The lowest BCUT2D eigenvalue weighted by molar-refractivity contribution is -0.137. The summed E-state index contributed by atoms with van der Waals surface area (Å²) in [5.74, 6) is -0.566. The summed E-state index contributed by atoms with van der Waals surface area (Å²) in [6.45, 7) is 4.19. The molecule has 2 atom stereocenters. The lowest BCUT2D eigenvalue weighted by atomic mass is 10.00. The fraction of sp³-hybridized carbons (Fsp3) is 0.382. The largest absolute Gasteiger partial charge is 0.416 e. The molecule has 0 unspecified atom stereocenters. The van der Waals surface area contributed by atoms with Gasteiger partial charge >= 0.3 is 6.18 Å². The van der Waals surface area contributed by atoms with Gasteiger partial charge in [0.2, 0.25) is 0 Å². The fourth-order valence-corrected chi connectivity index (χ4v) is 5.71. The molecule has 0 saturated heterocycles. The maximum Gasteiger partial charge on any atom is 0.416 e. The maximum atomic E-state index is 13.7. The predicted molar refractivity (Wildman–Crippen MR) is 178 cm³/mol. The van der Waals surface area contributed by atoms with E-state index in [2.05, 4.69) is 29.5 Å². The first-order valence-electron chi connectivity index (χ1n) is 15.1. The minimum absolute atomic E-state index is 0. The Labute approximate surface area is 277 Å². The molecule has 0 radical (unpaired) electrons. The first-order valence-corrected chi connectivity index (χ1v) is 15.5. The van der Waals surface area contributed by atoms with E-state index >= 15 is 0 Å². The summed E-state index contributed by atoms with van der Waals surface area (Å²) in [7, 11) is 0. The Morgan fingerprint density at radius 3 is 2.33 bits per heavy atom. The molecule has 0 aliphatic rings. The van der Waals surface area contributed by atoms with Crippen molar-refractivity contribution in [1.82, 2.24) is 20.2 Å². The summed E-state index contributed by atoms with van der Waals surface area (Å²) in [6, 6.07) is 16.4. The second-order valence-corrected chi connectivity index (χ2v) is 11.6. The van der Waals surface area contributed by atoms with Crippen LogP contribution in [0.3, 0.4) is 0 Å². The zero-order valence-electron chi connectivity index (χ0n) is 25.7. The van der Waals surface area contributed by atoms with Crippen LogP contribution in [0.5, 0.6) is 0 Å². The third-order valence-corrected chi connectivity index (χ3v) is 7.97. The van der Waals surface area contributed by atoms with Crippen LogP contribution in [0.15, 0.2) is 77.9 Å². The molecule has 1 amide bonds. The molecule has 1 heterocycles. The van der Waals surface area contributed by atoms with Crippen molar-refractivity contribution in [3.63, 3.8) is 0 Å². The Balaban J connectivity index is 0.00000576. The van der Waals surface area contributed by atoms with Crippen molar-refractivity contribution < 1.29 is 23.1 Å². The van der Waals surface area contributed by atoms with Crippen LogP contribution < -0.4 is 16.2 Å². The van der Waals surface area contributed by atoms with Gasteiger partial charge in [-0.25, -0.2) is 4.98 Å². The molecule has 12 heteroatoms. The molecular weight excluding hydrogens is 640 g/mol. The molecule has 248 valence electrons. The van der Waals surface area contributed by atoms with Gasteiger partial charge in [0.1, 0.15) is 0 Å². The zero-order chi connectivity index (χ0) is 32.6. The van der Waals surface area contributed by atoms with Crippen molar-refractivity contribution >= 4 is 40.8 Å². The molecule has 0 bridgehead atoms. The van der Waals surface area contributed by atoms with Crippen molar-refractivity contribution in [3.8, 4) is 0 Å². The molecule has 0 spiro atoms. The average molecular weight is 680 g/mol. The number of carbonyl (C=O) groups is 1. The Bertz CT molecular complexity index is 1640. The number of alkyl halides is 3. The van der Waals surface area contributed by atoms with Crippen molar-refractivity contribution in [2.24, 2.45) is 0 Å². The molecule has 7 nitrogen and oxygen atoms in total. The second kappa shape index (κ2) is 16.9. The fourth-order valence-electron chi connectivity index (χ4n) is 5.50. The van der Waals surface area contributed by atoms with Crippen molar-refractivity contribution in [3.05, 3.63) is 111 Å². The van der Waals surface area contributed by atoms with Crippen LogP contribution in [0.1, 0.15) is 72.6 Å². The number of halogens is 5. The summed E-state index contributed by atoms with van der Waals surface area (Å²) in [5, 5.41) is 17.5. The maximum absolute atomic E-state index is 13.7. The summed E-state index contributed by atoms with van der Waals surface area (Å²) < 4.78 is 41.0. The molecule has 0 aliphatic heterocycles. The number of rotatable bonds is 14. The molecular formula is C34H39Cl2F3N4O3. The summed E-state index contributed by atoms with van der Waals surface area (Å²) in [6.07, 6.45) is -0.381. The quantitative estimate of drug-likeness (QED) is 0.132. The van der Waals surface area contributed by atoms with Crippen LogP contribution in [-0.4, -0.2) is 39.3 Å². The Morgan fingerprint density at radius 1 is 1.00 bits per heavy atom. The summed E-state index contributed by atoms with van der Waals surface area (Å²) in [4.78, 5) is 31.8. The van der Waals surface area contributed by atoms with E-state index in [0.29, 0.717) is 5.56 Å². The van der Waals surface area contributed by atoms with E-state index in [-0.39, 0.29) is 65.0 Å². The molecule has 0 aliphatic carbocycles. The van der Waals surface area contributed by atoms with E-state index in [4.69, 9.17) is 11.6 Å². The molecule has 46 heavy (non-hydrogen) atoms. The van der Waals surface area contributed by atoms with Gasteiger partial charge in [0.15, 0.2) is 0 Å². The van der Waals surface area contributed by atoms with E-state index in [1.165, 1.54) is 24.5 Å². The van der Waals surface area contributed by atoms with E-state index in [1.807, 2.05) is 30.3 Å². The van der Waals surface area contributed by atoms with Crippen LogP contribution in [0.4, 0.5) is 13.2 Å². The first-order chi connectivity index (χ1) is 21.5. The van der Waals surface area contributed by atoms with Gasteiger partial charge < -0.3 is 15.7 Å². The number of fused-ring (bicyclic) bond motifs is 1. The van der Waals surface area contributed by atoms with Crippen molar-refractivity contribution in [1.29, 1.82) is 0 Å². The number of benzene rings is 3. The average Bonchev–Trinajstić information content (AvgIpc) is 3.01. The molecule has 0 fully saturated rings. The van der Waals surface area contributed by atoms with Gasteiger partial charge in [0, 0.05) is 24.2 Å². The topological polar surface area (TPSA) is 96.2 Å². The number of nitrogens with one attached hydrogen (secondary N) is 2. The van der Waals surface area contributed by atoms with Crippen molar-refractivity contribution in [2.75, 3.05) is 6.54 Å². The Kier molecular flexibility index (Phi) is 13.6. The van der Waals surface area contributed by atoms with E-state index in [0.717, 1.165) is 43.4 Å². The highest BCUT2D eigenvalue weighted by Crippen LogP contribution is 2.29. The third kappa shape index (κ3) is 9.54.